The summed E-state index contributed by atoms with van der Waals surface area (Å²) in [5.41, 5.74) is 0.762. The Hall–Kier alpha value is -0.460. The molecular formula is C26H39Cl2O3S2-. The first-order valence-corrected chi connectivity index (χ1v) is 15.5. The van der Waals surface area contributed by atoms with Crippen molar-refractivity contribution in [1.82, 2.24) is 0 Å². The lowest BCUT2D eigenvalue weighted by atomic mass is 10.0. The average molecular weight is 535 g/mol. The van der Waals surface area contributed by atoms with Gasteiger partial charge in [-0.15, -0.1) is 0 Å². The van der Waals surface area contributed by atoms with Crippen molar-refractivity contribution in [3.8, 4) is 0 Å². The Balaban J connectivity index is 2.27. The molecule has 33 heavy (non-hydrogen) atoms. The van der Waals surface area contributed by atoms with Gasteiger partial charge < -0.3 is 4.55 Å². The number of hydrogen-bond acceptors (Lipinski definition) is 3. The third-order valence-corrected chi connectivity index (χ3v) is 7.85. The fourth-order valence-corrected chi connectivity index (χ4v) is 5.81. The van der Waals surface area contributed by atoms with Crippen molar-refractivity contribution in [2.45, 2.75) is 89.7 Å². The van der Waals surface area contributed by atoms with E-state index < -0.39 is 21.9 Å². The Morgan fingerprint density at radius 1 is 0.939 bits per heavy atom. The van der Waals surface area contributed by atoms with Crippen molar-refractivity contribution in [3.05, 3.63) is 57.4 Å². The van der Waals surface area contributed by atoms with Crippen LogP contribution in [-0.2, 0) is 27.6 Å². The van der Waals surface area contributed by atoms with Crippen molar-refractivity contribution in [3.63, 3.8) is 0 Å². The molecular weight excluding hydrogens is 495 g/mol. The molecule has 7 heteroatoms. The Bertz CT molecular complexity index is 766. The molecule has 3 atom stereocenters. The lowest BCUT2D eigenvalue weighted by Crippen LogP contribution is -2.09. The minimum Gasteiger partial charge on any atom is -0.772 e. The summed E-state index contributed by atoms with van der Waals surface area (Å²) in [5, 5.41) is 2.63. The van der Waals surface area contributed by atoms with Crippen LogP contribution in [-0.4, -0.2) is 18.7 Å². The van der Waals surface area contributed by atoms with E-state index in [4.69, 9.17) is 23.2 Å². The predicted octanol–water partition coefficient (Wildman–Crippen LogP) is 8.51. The van der Waals surface area contributed by atoms with Gasteiger partial charge in [0.15, 0.2) is 0 Å². The maximum atomic E-state index is 12.4. The summed E-state index contributed by atoms with van der Waals surface area (Å²) < 4.78 is 34.8. The van der Waals surface area contributed by atoms with Gasteiger partial charge in [0.2, 0.25) is 0 Å². The van der Waals surface area contributed by atoms with Gasteiger partial charge >= 0.3 is 0 Å². The Labute approximate surface area is 216 Å². The normalized spacial score (nSPS) is 14.8. The molecule has 1 rings (SSSR count). The van der Waals surface area contributed by atoms with Crippen LogP contribution in [0.2, 0.25) is 10.0 Å². The molecule has 0 spiro atoms. The zero-order valence-corrected chi connectivity index (χ0v) is 23.0. The van der Waals surface area contributed by atoms with Gasteiger partial charge in [-0.3, -0.25) is 8.42 Å². The second-order valence-electron chi connectivity index (χ2n) is 8.49. The molecule has 0 amide bonds. The molecule has 0 heterocycles. The summed E-state index contributed by atoms with van der Waals surface area (Å²) in [6.07, 6.45) is 20.5. The summed E-state index contributed by atoms with van der Waals surface area (Å²) in [7, 11) is -1.26. The molecule has 0 aliphatic heterocycles. The minimum absolute atomic E-state index is 0.0631. The quantitative estimate of drug-likeness (QED) is 0.102. The molecule has 0 aromatic heterocycles. The van der Waals surface area contributed by atoms with Crippen molar-refractivity contribution in [1.29, 1.82) is 0 Å². The highest BCUT2D eigenvalue weighted by Gasteiger charge is 2.08. The maximum absolute atomic E-state index is 12.4. The minimum atomic E-state index is -2.12. The average Bonchev–Trinajstić information content (AvgIpc) is 2.76. The van der Waals surface area contributed by atoms with E-state index in [1.54, 1.807) is 29.7 Å². The van der Waals surface area contributed by atoms with Gasteiger partial charge in [-0.1, -0.05) is 110 Å². The van der Waals surface area contributed by atoms with E-state index in [0.717, 1.165) is 37.7 Å². The largest absolute Gasteiger partial charge is 0.772 e. The van der Waals surface area contributed by atoms with Crippen LogP contribution in [0.4, 0.5) is 0 Å². The van der Waals surface area contributed by atoms with E-state index in [2.05, 4.69) is 19.1 Å². The zero-order valence-electron chi connectivity index (χ0n) is 19.8. The summed E-state index contributed by atoms with van der Waals surface area (Å²) in [6, 6.07) is 5.12. The summed E-state index contributed by atoms with van der Waals surface area (Å²) in [4.78, 5) is 0. The molecule has 0 saturated carbocycles. The highest BCUT2D eigenvalue weighted by molar-refractivity contribution is 7.87. The monoisotopic (exact) mass is 533 g/mol. The summed E-state index contributed by atoms with van der Waals surface area (Å²) >= 11 is 9.92. The van der Waals surface area contributed by atoms with Crippen LogP contribution < -0.4 is 0 Å². The molecule has 0 saturated heterocycles. The molecule has 3 nitrogen and oxygen atoms in total. The number of rotatable bonds is 19. The number of hydrogen-bond donors (Lipinski definition) is 0. The van der Waals surface area contributed by atoms with E-state index in [9.17, 15) is 13.0 Å². The van der Waals surface area contributed by atoms with Crippen molar-refractivity contribution >= 4 is 45.1 Å². The fraction of sp³-hybridized carbons (Fsp3) is 0.615. The summed E-state index contributed by atoms with van der Waals surface area (Å²) in [6.45, 7) is 2.24. The van der Waals surface area contributed by atoms with E-state index in [1.807, 2.05) is 0 Å². The van der Waals surface area contributed by atoms with Crippen LogP contribution in [0.5, 0.6) is 0 Å². The second kappa shape index (κ2) is 19.8. The molecule has 0 bridgehead atoms. The first kappa shape index (κ1) is 30.6. The first-order valence-electron chi connectivity index (χ1n) is 12.1. The number of halogens is 2. The highest BCUT2D eigenvalue weighted by atomic mass is 35.5. The van der Waals surface area contributed by atoms with Gasteiger partial charge in [-0.05, 0) is 61.1 Å². The van der Waals surface area contributed by atoms with Gasteiger partial charge in [-0.25, -0.2) is 0 Å². The molecule has 0 fully saturated rings. The maximum Gasteiger partial charge on any atom is 0.0541 e. The van der Waals surface area contributed by atoms with E-state index >= 15 is 0 Å². The topological polar surface area (TPSA) is 57.2 Å². The Morgan fingerprint density at radius 3 is 2.21 bits per heavy atom. The third-order valence-electron chi connectivity index (χ3n) is 5.50. The second-order valence-corrected chi connectivity index (χ2v) is 11.6. The summed E-state index contributed by atoms with van der Waals surface area (Å²) in [5.74, 6) is 0.231. The van der Waals surface area contributed by atoms with E-state index in [-0.39, 0.29) is 17.4 Å². The Morgan fingerprint density at radius 2 is 1.58 bits per heavy atom. The molecule has 3 unspecified atom stereocenters. The zero-order chi connectivity index (χ0) is 24.3. The number of unbranched alkanes of at least 4 members (excludes halogenated alkanes) is 9. The molecule has 1 aromatic carbocycles. The lowest BCUT2D eigenvalue weighted by Gasteiger charge is -2.14. The van der Waals surface area contributed by atoms with Crippen LogP contribution in [0.1, 0.15) is 89.5 Å². The fourth-order valence-electron chi connectivity index (χ4n) is 3.57. The van der Waals surface area contributed by atoms with E-state index in [1.165, 1.54) is 44.9 Å². The van der Waals surface area contributed by atoms with Crippen LogP contribution in [0.25, 0.3) is 0 Å². The van der Waals surface area contributed by atoms with Crippen molar-refractivity contribution in [2.24, 2.45) is 5.92 Å². The van der Waals surface area contributed by atoms with Crippen LogP contribution >= 0.6 is 23.2 Å². The van der Waals surface area contributed by atoms with Crippen LogP contribution in [0.3, 0.4) is 0 Å². The Kier molecular flexibility index (Phi) is 18.3. The standard InChI is InChI=1S/C26H40Cl2O3S2/c1-2-3-4-5-6-7-8-9-10-11-12-13-14-15-23(21-33(30)31)18-19-32(29)22-24-16-17-25(27)20-26(24)28/h9-10,16-20,23H,2-8,11-15,21-22H2,1H3,(H,30,31)/p-1. The molecule has 0 aliphatic carbocycles. The van der Waals surface area contributed by atoms with E-state index in [0.29, 0.717) is 10.0 Å². The first-order chi connectivity index (χ1) is 15.9. The number of allylic oxidation sites excluding steroid dienone is 3. The number of benzene rings is 1. The molecule has 188 valence electrons. The highest BCUT2D eigenvalue weighted by Crippen LogP contribution is 2.23. The smallest absolute Gasteiger partial charge is 0.0541 e. The molecule has 0 radical (unpaired) electrons. The van der Waals surface area contributed by atoms with Gasteiger partial charge in [0.1, 0.15) is 0 Å². The third kappa shape index (κ3) is 16.7. The lowest BCUT2D eigenvalue weighted by molar-refractivity contribution is 0.513. The SMILES string of the molecule is CCCCCCCCC=CCCCCCC(C=CS(=O)Cc1ccc(Cl)cc1Cl)CS(=O)[O-]. The van der Waals surface area contributed by atoms with Gasteiger partial charge in [0.05, 0.1) is 5.75 Å². The van der Waals surface area contributed by atoms with Gasteiger partial charge in [0.25, 0.3) is 0 Å². The van der Waals surface area contributed by atoms with Gasteiger partial charge in [-0.2, -0.15) is 0 Å². The van der Waals surface area contributed by atoms with Crippen LogP contribution in [0, 0.1) is 5.92 Å². The predicted molar refractivity (Wildman–Crippen MR) is 145 cm³/mol. The molecule has 0 aliphatic rings. The molecule has 0 N–H and O–H groups in total. The van der Waals surface area contributed by atoms with Crippen molar-refractivity contribution in [2.75, 3.05) is 5.75 Å². The molecule has 1 aromatic rings. The van der Waals surface area contributed by atoms with Gasteiger partial charge in [0, 0.05) is 26.6 Å². The van der Waals surface area contributed by atoms with Crippen LogP contribution in [0.15, 0.2) is 41.8 Å². The van der Waals surface area contributed by atoms with Crippen molar-refractivity contribution < 1.29 is 13.0 Å².